The second kappa shape index (κ2) is 9.67. The molecule has 1 aliphatic carbocycles. The van der Waals surface area contributed by atoms with Crippen molar-refractivity contribution in [2.24, 2.45) is 0 Å². The lowest BCUT2D eigenvalue weighted by atomic mass is 10.0. The van der Waals surface area contributed by atoms with Crippen molar-refractivity contribution in [1.29, 1.82) is 0 Å². The van der Waals surface area contributed by atoms with E-state index in [1.165, 1.54) is 25.7 Å². The zero-order valence-corrected chi connectivity index (χ0v) is 18.2. The maximum Gasteiger partial charge on any atom is 0.257 e. The van der Waals surface area contributed by atoms with Gasteiger partial charge in [0.2, 0.25) is 0 Å². The molecule has 2 saturated heterocycles. The number of ether oxygens (including phenoxy) is 2. The van der Waals surface area contributed by atoms with Gasteiger partial charge in [0.05, 0.1) is 11.7 Å². The molecule has 1 amide bonds. The molecule has 0 radical (unpaired) electrons. The number of likely N-dealkylation sites (tertiary alicyclic amines) is 2. The maximum absolute atomic E-state index is 13.2. The molecule has 0 spiro atoms. The van der Waals surface area contributed by atoms with Gasteiger partial charge in [-0.1, -0.05) is 24.4 Å². The average molecular weight is 421 g/mol. The van der Waals surface area contributed by atoms with E-state index in [9.17, 15) is 4.79 Å². The van der Waals surface area contributed by atoms with Gasteiger partial charge in [0.1, 0.15) is 11.9 Å². The molecule has 5 nitrogen and oxygen atoms in total. The first kappa shape index (κ1) is 21.0. The predicted octanol–water partition coefficient (Wildman–Crippen LogP) is 4.38. The lowest BCUT2D eigenvalue weighted by molar-refractivity contribution is 0.0263. The minimum absolute atomic E-state index is 0.00681. The highest BCUT2D eigenvalue weighted by molar-refractivity contribution is 6.31. The van der Waals surface area contributed by atoms with Crippen LogP contribution in [-0.4, -0.2) is 67.2 Å². The Morgan fingerprint density at radius 1 is 1.00 bits per heavy atom. The van der Waals surface area contributed by atoms with Gasteiger partial charge in [-0.3, -0.25) is 4.79 Å². The van der Waals surface area contributed by atoms with Gasteiger partial charge in [-0.25, -0.2) is 0 Å². The Hall–Kier alpha value is -1.30. The molecule has 1 aromatic rings. The van der Waals surface area contributed by atoms with E-state index in [1.807, 2.05) is 17.0 Å². The first-order valence-electron chi connectivity index (χ1n) is 11.2. The van der Waals surface area contributed by atoms with Gasteiger partial charge in [0.25, 0.3) is 5.91 Å². The number of benzene rings is 1. The second-order valence-corrected chi connectivity index (χ2v) is 9.12. The molecule has 1 saturated carbocycles. The third-order valence-corrected chi connectivity index (χ3v) is 7.02. The normalized spacial score (nSPS) is 24.8. The van der Waals surface area contributed by atoms with Gasteiger partial charge in [-0.05, 0) is 56.7 Å². The van der Waals surface area contributed by atoms with Crippen molar-refractivity contribution >= 4 is 17.5 Å². The van der Waals surface area contributed by atoms with E-state index >= 15 is 0 Å². The van der Waals surface area contributed by atoms with Crippen LogP contribution in [0.15, 0.2) is 18.2 Å². The van der Waals surface area contributed by atoms with Crippen molar-refractivity contribution in [1.82, 2.24) is 9.80 Å². The van der Waals surface area contributed by atoms with Crippen LogP contribution in [0.4, 0.5) is 0 Å². The van der Waals surface area contributed by atoms with E-state index in [0.717, 1.165) is 51.4 Å². The topological polar surface area (TPSA) is 42.0 Å². The number of piperidine rings is 2. The van der Waals surface area contributed by atoms with E-state index in [2.05, 4.69) is 4.90 Å². The summed E-state index contributed by atoms with van der Waals surface area (Å²) in [6.45, 7) is 3.56. The SMILES string of the molecule is CO[C@@H]1CCCN(C(=O)c2cc(Cl)ccc2OC2CCN(C3CCCC3)CC2)C1. The van der Waals surface area contributed by atoms with Gasteiger partial charge in [-0.15, -0.1) is 0 Å². The van der Waals surface area contributed by atoms with E-state index in [-0.39, 0.29) is 18.1 Å². The fourth-order valence-electron chi connectivity index (χ4n) is 5.07. The Labute approximate surface area is 179 Å². The Morgan fingerprint density at radius 2 is 1.76 bits per heavy atom. The number of nitrogens with zero attached hydrogens (tertiary/aromatic N) is 2. The zero-order valence-electron chi connectivity index (χ0n) is 17.4. The number of hydrogen-bond donors (Lipinski definition) is 0. The molecule has 1 atom stereocenters. The van der Waals surface area contributed by atoms with Crippen LogP contribution in [0.5, 0.6) is 5.75 Å². The quantitative estimate of drug-likeness (QED) is 0.709. The lowest BCUT2D eigenvalue weighted by Gasteiger charge is -2.36. The minimum atomic E-state index is -0.00681. The fraction of sp³-hybridized carbons (Fsp3) is 0.696. The Morgan fingerprint density at radius 3 is 2.48 bits per heavy atom. The van der Waals surface area contributed by atoms with Gasteiger partial charge in [0.15, 0.2) is 0 Å². The largest absolute Gasteiger partial charge is 0.489 e. The van der Waals surface area contributed by atoms with Gasteiger partial charge >= 0.3 is 0 Å². The maximum atomic E-state index is 13.2. The number of halogens is 1. The summed E-state index contributed by atoms with van der Waals surface area (Å²) in [5.74, 6) is 0.658. The van der Waals surface area contributed by atoms with Gasteiger partial charge < -0.3 is 19.3 Å². The predicted molar refractivity (Wildman–Crippen MR) is 115 cm³/mol. The standard InChI is InChI=1S/C23H33ClN2O3/c1-28-20-7-4-12-26(16-20)23(27)21-15-17(24)8-9-22(21)29-19-10-13-25(14-11-19)18-5-2-3-6-18/h8-9,15,18-20H,2-7,10-14,16H2,1H3/t20-/m1/s1. The highest BCUT2D eigenvalue weighted by Crippen LogP contribution is 2.30. The molecular weight excluding hydrogens is 388 g/mol. The third kappa shape index (κ3) is 5.07. The second-order valence-electron chi connectivity index (χ2n) is 8.68. The average Bonchev–Trinajstić information content (AvgIpc) is 3.30. The summed E-state index contributed by atoms with van der Waals surface area (Å²) >= 11 is 6.23. The summed E-state index contributed by atoms with van der Waals surface area (Å²) in [6.07, 6.45) is 9.70. The molecule has 0 N–H and O–H groups in total. The number of carbonyl (C=O) groups excluding carboxylic acids is 1. The van der Waals surface area contributed by atoms with Crippen LogP contribution in [0.25, 0.3) is 0 Å². The molecule has 0 unspecified atom stereocenters. The fourth-order valence-corrected chi connectivity index (χ4v) is 5.24. The summed E-state index contributed by atoms with van der Waals surface area (Å²) in [5, 5.41) is 0.567. The Kier molecular flexibility index (Phi) is 6.99. The van der Waals surface area contributed by atoms with E-state index in [0.29, 0.717) is 22.9 Å². The van der Waals surface area contributed by atoms with Crippen molar-refractivity contribution in [2.75, 3.05) is 33.3 Å². The third-order valence-electron chi connectivity index (χ3n) is 6.78. The van der Waals surface area contributed by atoms with Crippen molar-refractivity contribution in [3.8, 4) is 5.75 Å². The van der Waals surface area contributed by atoms with E-state index in [4.69, 9.17) is 21.1 Å². The number of carbonyl (C=O) groups is 1. The van der Waals surface area contributed by atoms with Gasteiger partial charge in [0, 0.05) is 44.4 Å². The van der Waals surface area contributed by atoms with Crippen molar-refractivity contribution < 1.29 is 14.3 Å². The van der Waals surface area contributed by atoms with Crippen LogP contribution in [0, 0.1) is 0 Å². The molecule has 2 aliphatic heterocycles. The van der Waals surface area contributed by atoms with Crippen LogP contribution >= 0.6 is 11.6 Å². The van der Waals surface area contributed by atoms with Crippen molar-refractivity contribution in [3.63, 3.8) is 0 Å². The molecule has 0 bridgehead atoms. The van der Waals surface area contributed by atoms with Crippen LogP contribution < -0.4 is 4.74 Å². The molecule has 4 rings (SSSR count). The lowest BCUT2D eigenvalue weighted by Crippen LogP contribution is -2.44. The smallest absolute Gasteiger partial charge is 0.257 e. The summed E-state index contributed by atoms with van der Waals surface area (Å²) < 4.78 is 11.8. The number of amides is 1. The molecular formula is C23H33ClN2O3. The Balaban J connectivity index is 1.41. The highest BCUT2D eigenvalue weighted by atomic mass is 35.5. The number of rotatable bonds is 5. The molecule has 160 valence electrons. The number of hydrogen-bond acceptors (Lipinski definition) is 4. The first-order chi connectivity index (χ1) is 14.1. The van der Waals surface area contributed by atoms with Crippen molar-refractivity contribution in [2.45, 2.75) is 69.6 Å². The summed E-state index contributed by atoms with van der Waals surface area (Å²) in [4.78, 5) is 17.7. The minimum Gasteiger partial charge on any atom is -0.489 e. The Bertz CT molecular complexity index is 699. The zero-order chi connectivity index (χ0) is 20.2. The molecule has 29 heavy (non-hydrogen) atoms. The molecule has 3 aliphatic rings. The number of methoxy groups -OCH3 is 1. The molecule has 3 fully saturated rings. The summed E-state index contributed by atoms with van der Waals surface area (Å²) in [6, 6.07) is 6.20. The van der Waals surface area contributed by atoms with Crippen LogP contribution in [0.3, 0.4) is 0 Å². The van der Waals surface area contributed by atoms with Crippen molar-refractivity contribution in [3.05, 3.63) is 28.8 Å². The molecule has 1 aromatic carbocycles. The monoisotopic (exact) mass is 420 g/mol. The van der Waals surface area contributed by atoms with E-state index in [1.54, 1.807) is 13.2 Å². The van der Waals surface area contributed by atoms with Crippen LogP contribution in [0.1, 0.15) is 61.7 Å². The van der Waals surface area contributed by atoms with E-state index < -0.39 is 0 Å². The summed E-state index contributed by atoms with van der Waals surface area (Å²) in [5.41, 5.74) is 0.576. The summed E-state index contributed by atoms with van der Waals surface area (Å²) in [7, 11) is 1.71. The highest BCUT2D eigenvalue weighted by Gasteiger charge is 2.30. The molecule has 2 heterocycles. The first-order valence-corrected chi connectivity index (χ1v) is 11.5. The molecule has 0 aromatic heterocycles. The van der Waals surface area contributed by atoms with Gasteiger partial charge in [-0.2, -0.15) is 0 Å². The van der Waals surface area contributed by atoms with Crippen LogP contribution in [-0.2, 0) is 4.74 Å². The van der Waals surface area contributed by atoms with Crippen LogP contribution in [0.2, 0.25) is 5.02 Å². The molecule has 6 heteroatoms.